The summed E-state index contributed by atoms with van der Waals surface area (Å²) in [6.45, 7) is 6.55. The second-order valence-corrected chi connectivity index (χ2v) is 6.88. The molecule has 3 rings (SSSR count). The van der Waals surface area contributed by atoms with Crippen molar-refractivity contribution in [3.63, 3.8) is 0 Å². The van der Waals surface area contributed by atoms with Crippen LogP contribution in [0.3, 0.4) is 0 Å². The topological polar surface area (TPSA) is 50.7 Å². The zero-order chi connectivity index (χ0) is 17.1. The monoisotopic (exact) mass is 342 g/mol. The highest BCUT2D eigenvalue weighted by molar-refractivity contribution is 7.14. The lowest BCUT2D eigenvalue weighted by Crippen LogP contribution is -2.05. The molecule has 4 nitrogen and oxygen atoms in total. The minimum atomic E-state index is -0.220. The Kier molecular flexibility index (Phi) is 4.85. The first-order valence-corrected chi connectivity index (χ1v) is 8.63. The Morgan fingerprint density at radius 3 is 2.79 bits per heavy atom. The van der Waals surface area contributed by atoms with Gasteiger partial charge in [0.05, 0.1) is 10.6 Å². The van der Waals surface area contributed by atoms with Crippen LogP contribution in [0.5, 0.6) is 0 Å². The Morgan fingerprint density at radius 1 is 1.21 bits per heavy atom. The molecule has 124 valence electrons. The average molecular weight is 342 g/mol. The Hall–Kier alpha value is -2.34. The number of pyridine rings is 1. The van der Waals surface area contributed by atoms with E-state index in [4.69, 9.17) is 0 Å². The third-order valence-corrected chi connectivity index (χ3v) is 4.59. The van der Waals surface area contributed by atoms with Crippen molar-refractivity contribution in [2.45, 2.75) is 33.2 Å². The summed E-state index contributed by atoms with van der Waals surface area (Å²) in [5.74, 6) is 0.884. The van der Waals surface area contributed by atoms with Gasteiger partial charge in [0, 0.05) is 24.1 Å². The van der Waals surface area contributed by atoms with E-state index in [2.05, 4.69) is 34.1 Å². The van der Waals surface area contributed by atoms with Crippen LogP contribution in [-0.4, -0.2) is 15.0 Å². The van der Waals surface area contributed by atoms with E-state index in [1.807, 2.05) is 31.2 Å². The second kappa shape index (κ2) is 7.05. The molecule has 1 N–H and O–H groups in total. The Morgan fingerprint density at radius 2 is 2.04 bits per heavy atom. The van der Waals surface area contributed by atoms with Crippen molar-refractivity contribution in [1.82, 2.24) is 15.0 Å². The maximum absolute atomic E-state index is 13.8. The van der Waals surface area contributed by atoms with Crippen LogP contribution in [0.25, 0.3) is 10.6 Å². The van der Waals surface area contributed by atoms with Gasteiger partial charge in [-0.15, -0.1) is 11.3 Å². The summed E-state index contributed by atoms with van der Waals surface area (Å²) < 4.78 is 13.8. The molecule has 3 aromatic heterocycles. The SMILES string of the molecule is Cc1cccc(-c2sc(F)cc2CNc2nccc(C(C)C)n2)n1. The van der Waals surface area contributed by atoms with E-state index in [1.54, 1.807) is 12.3 Å². The molecule has 0 aliphatic heterocycles. The van der Waals surface area contributed by atoms with E-state index in [0.29, 0.717) is 18.4 Å². The molecule has 24 heavy (non-hydrogen) atoms. The lowest BCUT2D eigenvalue weighted by molar-refractivity contribution is 0.656. The van der Waals surface area contributed by atoms with Gasteiger partial charge in [-0.05, 0) is 42.7 Å². The second-order valence-electron chi connectivity index (χ2n) is 5.88. The van der Waals surface area contributed by atoms with Gasteiger partial charge in [-0.2, -0.15) is 4.39 Å². The fourth-order valence-corrected chi connectivity index (χ4v) is 3.24. The van der Waals surface area contributed by atoms with Gasteiger partial charge in [-0.3, -0.25) is 4.98 Å². The van der Waals surface area contributed by atoms with Crippen LogP contribution in [0, 0.1) is 12.1 Å². The molecule has 6 heteroatoms. The van der Waals surface area contributed by atoms with Crippen molar-refractivity contribution in [2.24, 2.45) is 0 Å². The molecule has 0 aliphatic rings. The summed E-state index contributed by atoms with van der Waals surface area (Å²) in [5.41, 5.74) is 3.53. The normalized spacial score (nSPS) is 11.0. The third-order valence-electron chi connectivity index (χ3n) is 3.61. The molecule has 0 aromatic carbocycles. The lowest BCUT2D eigenvalue weighted by atomic mass is 10.1. The van der Waals surface area contributed by atoms with Gasteiger partial charge < -0.3 is 5.32 Å². The number of aryl methyl sites for hydroxylation is 1. The van der Waals surface area contributed by atoms with E-state index >= 15 is 0 Å². The van der Waals surface area contributed by atoms with Gasteiger partial charge >= 0.3 is 0 Å². The van der Waals surface area contributed by atoms with Gasteiger partial charge in [0.25, 0.3) is 0 Å². The van der Waals surface area contributed by atoms with Crippen LogP contribution in [0.15, 0.2) is 36.5 Å². The lowest BCUT2D eigenvalue weighted by Gasteiger charge is -2.09. The standard InChI is InChI=1S/C18H19FN4S/c1-11(2)14-7-8-20-18(23-14)21-10-13-9-16(19)24-17(13)15-6-4-5-12(3)22-15/h4-9,11H,10H2,1-3H3,(H,20,21,23). The van der Waals surface area contributed by atoms with Gasteiger partial charge in [-0.1, -0.05) is 19.9 Å². The van der Waals surface area contributed by atoms with Crippen molar-refractivity contribution in [3.05, 3.63) is 58.6 Å². The number of nitrogens with one attached hydrogen (secondary N) is 1. The van der Waals surface area contributed by atoms with Gasteiger partial charge in [0.15, 0.2) is 5.13 Å². The Labute approximate surface area is 144 Å². The quantitative estimate of drug-likeness (QED) is 0.725. The molecule has 0 fully saturated rings. The highest BCUT2D eigenvalue weighted by Crippen LogP contribution is 2.31. The number of thiophene rings is 1. The highest BCUT2D eigenvalue weighted by Gasteiger charge is 2.13. The molecule has 0 saturated heterocycles. The average Bonchev–Trinajstić information content (AvgIpc) is 2.94. The van der Waals surface area contributed by atoms with Crippen molar-refractivity contribution < 1.29 is 4.39 Å². The van der Waals surface area contributed by atoms with Crippen LogP contribution in [-0.2, 0) is 6.54 Å². The number of rotatable bonds is 5. The highest BCUT2D eigenvalue weighted by atomic mass is 32.1. The van der Waals surface area contributed by atoms with Crippen LogP contribution in [0.1, 0.15) is 36.7 Å². The first kappa shape index (κ1) is 16.5. The molecule has 0 radical (unpaired) electrons. The van der Waals surface area contributed by atoms with Crippen molar-refractivity contribution >= 4 is 17.3 Å². The summed E-state index contributed by atoms with van der Waals surface area (Å²) >= 11 is 1.11. The Bertz CT molecular complexity index is 845. The zero-order valence-electron chi connectivity index (χ0n) is 13.9. The van der Waals surface area contributed by atoms with Crippen molar-refractivity contribution in [1.29, 1.82) is 0 Å². The number of halogens is 1. The summed E-state index contributed by atoms with van der Waals surface area (Å²) in [6.07, 6.45) is 1.74. The molecule has 0 aliphatic carbocycles. The number of anilines is 1. The molecule has 0 spiro atoms. The maximum Gasteiger partial charge on any atom is 0.223 e. The predicted octanol–water partition coefficient (Wildman–Crippen LogP) is 4.78. The summed E-state index contributed by atoms with van der Waals surface area (Å²) in [4.78, 5) is 14.0. The van der Waals surface area contributed by atoms with Crippen LogP contribution < -0.4 is 5.32 Å². The molecular formula is C18H19FN4S. The van der Waals surface area contributed by atoms with Crippen LogP contribution >= 0.6 is 11.3 Å². The molecule has 0 atom stereocenters. The smallest absolute Gasteiger partial charge is 0.223 e. The fourth-order valence-electron chi connectivity index (χ4n) is 2.37. The number of hydrogen-bond acceptors (Lipinski definition) is 5. The minimum Gasteiger partial charge on any atom is -0.350 e. The van der Waals surface area contributed by atoms with Gasteiger partial charge in [0.1, 0.15) is 0 Å². The number of nitrogens with zero attached hydrogens (tertiary/aromatic N) is 3. The Balaban J connectivity index is 1.82. The van der Waals surface area contributed by atoms with Gasteiger partial charge in [0.2, 0.25) is 5.95 Å². The first-order valence-electron chi connectivity index (χ1n) is 7.82. The first-order chi connectivity index (χ1) is 11.5. The fraction of sp³-hybridized carbons (Fsp3) is 0.278. The van der Waals surface area contributed by atoms with Crippen LogP contribution in [0.4, 0.5) is 10.3 Å². The maximum atomic E-state index is 13.8. The molecular weight excluding hydrogens is 323 g/mol. The number of aromatic nitrogens is 3. The molecule has 0 saturated carbocycles. The van der Waals surface area contributed by atoms with Gasteiger partial charge in [-0.25, -0.2) is 9.97 Å². The van der Waals surface area contributed by atoms with E-state index in [9.17, 15) is 4.39 Å². The molecule has 3 aromatic rings. The largest absolute Gasteiger partial charge is 0.350 e. The van der Waals surface area contributed by atoms with E-state index in [-0.39, 0.29) is 5.13 Å². The van der Waals surface area contributed by atoms with Crippen molar-refractivity contribution in [2.75, 3.05) is 5.32 Å². The summed E-state index contributed by atoms with van der Waals surface area (Å²) in [5, 5.41) is 2.96. The molecule has 0 bridgehead atoms. The molecule has 3 heterocycles. The summed E-state index contributed by atoms with van der Waals surface area (Å²) in [6, 6.07) is 9.21. The predicted molar refractivity (Wildman–Crippen MR) is 95.7 cm³/mol. The third kappa shape index (κ3) is 3.76. The zero-order valence-corrected chi connectivity index (χ0v) is 14.7. The van der Waals surface area contributed by atoms with E-state index < -0.39 is 0 Å². The van der Waals surface area contributed by atoms with Crippen molar-refractivity contribution in [3.8, 4) is 10.6 Å². The minimum absolute atomic E-state index is 0.220. The van der Waals surface area contributed by atoms with E-state index in [1.165, 1.54) is 0 Å². The number of hydrogen-bond donors (Lipinski definition) is 1. The molecule has 0 unspecified atom stereocenters. The van der Waals surface area contributed by atoms with E-state index in [0.717, 1.165) is 38.9 Å². The summed E-state index contributed by atoms with van der Waals surface area (Å²) in [7, 11) is 0. The molecule has 0 amide bonds. The van der Waals surface area contributed by atoms with Crippen LogP contribution in [0.2, 0.25) is 0 Å².